The number of benzene rings is 3. The van der Waals surface area contributed by atoms with Crippen LogP contribution in [0.3, 0.4) is 0 Å². The van der Waals surface area contributed by atoms with Crippen LogP contribution in [-0.2, 0) is 25.7 Å². The third-order valence-electron chi connectivity index (χ3n) is 14.1. The minimum atomic E-state index is -0.860. The third kappa shape index (κ3) is 13.9. The minimum Gasteiger partial charge on any atom is -0.496 e. The Balaban J connectivity index is 0.680. The van der Waals surface area contributed by atoms with Crippen LogP contribution in [0.15, 0.2) is 78.4 Å². The molecular formula is C56H70FN11O6S. The number of nitrogens with zero attached hydrogens (tertiary/aromatic N) is 7. The molecule has 1 unspecified atom stereocenters. The molecule has 2 saturated heterocycles. The number of aliphatic hydroxyl groups excluding tert-OH is 1. The SMILES string of the molecule is COc1cccc(F)c1-c1ncc2[nH]nc(-c3ccc(N4CCN(CC(=O)NCCCCCCCCCC(=O)N[C@H](C(=O)N5CC(O)C[C@H]5C(=O)NCc5ccc(-c6scnc6C)cc5)C(C)(C)C)CC4)cc3)c2n1. The number of anilines is 1. The summed E-state index contributed by atoms with van der Waals surface area (Å²) >= 11 is 1.58. The molecule has 19 heteroatoms. The quantitative estimate of drug-likeness (QED) is 0.0421. The fourth-order valence-electron chi connectivity index (χ4n) is 9.82. The first-order valence-electron chi connectivity index (χ1n) is 26.1. The van der Waals surface area contributed by atoms with Crippen molar-refractivity contribution in [2.45, 2.75) is 110 Å². The largest absolute Gasteiger partial charge is 0.496 e. The van der Waals surface area contributed by atoms with Gasteiger partial charge < -0.3 is 35.6 Å². The molecule has 3 aromatic carbocycles. The van der Waals surface area contributed by atoms with Gasteiger partial charge in [0, 0.05) is 69.9 Å². The number of amides is 4. The van der Waals surface area contributed by atoms with Crippen molar-refractivity contribution in [3.05, 3.63) is 95.5 Å². The molecule has 3 aromatic heterocycles. The molecule has 2 aliphatic rings. The summed E-state index contributed by atoms with van der Waals surface area (Å²) in [5.41, 5.74) is 8.14. The maximum Gasteiger partial charge on any atom is 0.246 e. The van der Waals surface area contributed by atoms with Crippen LogP contribution in [0.5, 0.6) is 5.75 Å². The number of nitrogens with one attached hydrogen (secondary N) is 4. The molecular weight excluding hydrogens is 974 g/mol. The summed E-state index contributed by atoms with van der Waals surface area (Å²) in [6.07, 6.45) is 7.75. The first kappa shape index (κ1) is 54.4. The molecule has 5 N–H and O–H groups in total. The summed E-state index contributed by atoms with van der Waals surface area (Å²) in [5.74, 6) is -0.782. The van der Waals surface area contributed by atoms with Gasteiger partial charge in [-0.2, -0.15) is 5.10 Å². The first-order valence-corrected chi connectivity index (χ1v) is 27.0. The van der Waals surface area contributed by atoms with Crippen LogP contribution in [0.1, 0.15) is 89.8 Å². The second kappa shape index (κ2) is 25.1. The Labute approximate surface area is 442 Å². The highest BCUT2D eigenvalue weighted by molar-refractivity contribution is 7.13. The fraction of sp³-hybridized carbons (Fsp3) is 0.464. The number of ether oxygens (including phenoxy) is 1. The van der Waals surface area contributed by atoms with Crippen molar-refractivity contribution in [2.24, 2.45) is 5.41 Å². The third-order valence-corrected chi connectivity index (χ3v) is 15.1. The number of likely N-dealkylation sites (tertiary alicyclic amines) is 1. The Kier molecular flexibility index (Phi) is 18.2. The number of H-pyrrole nitrogens is 1. The van der Waals surface area contributed by atoms with Gasteiger partial charge in [0.05, 0.1) is 47.6 Å². The zero-order chi connectivity index (χ0) is 53.1. The lowest BCUT2D eigenvalue weighted by atomic mass is 9.85. The number of hydrogen-bond donors (Lipinski definition) is 5. The van der Waals surface area contributed by atoms with Crippen LogP contribution < -0.4 is 25.6 Å². The van der Waals surface area contributed by atoms with E-state index in [1.54, 1.807) is 29.7 Å². The molecule has 17 nitrogen and oxygen atoms in total. The first-order chi connectivity index (χ1) is 36.2. The second-order valence-corrected chi connectivity index (χ2v) is 21.5. The molecule has 2 fully saturated rings. The van der Waals surface area contributed by atoms with Crippen molar-refractivity contribution in [2.75, 3.05) is 57.8 Å². The zero-order valence-corrected chi connectivity index (χ0v) is 44.5. The van der Waals surface area contributed by atoms with Crippen molar-refractivity contribution in [3.63, 3.8) is 0 Å². The Hall–Kier alpha value is -6.83. The highest BCUT2D eigenvalue weighted by atomic mass is 32.1. The molecule has 2 aliphatic heterocycles. The molecule has 0 saturated carbocycles. The predicted octanol–water partition coefficient (Wildman–Crippen LogP) is 7.43. The van der Waals surface area contributed by atoms with E-state index in [-0.39, 0.29) is 54.5 Å². The van der Waals surface area contributed by atoms with E-state index in [2.05, 4.69) is 63.0 Å². The van der Waals surface area contributed by atoms with Crippen molar-refractivity contribution in [1.82, 2.24) is 50.9 Å². The minimum absolute atomic E-state index is 0.0260. The number of β-amino-alcohol motifs (C(OH)–C–C–N with tert-alkyl or cyclic N) is 1. The Morgan fingerprint density at radius 3 is 2.28 bits per heavy atom. The van der Waals surface area contributed by atoms with E-state index in [0.29, 0.717) is 48.4 Å². The van der Waals surface area contributed by atoms with Gasteiger partial charge in [-0.15, -0.1) is 11.3 Å². The number of fused-ring (bicyclic) bond motifs is 1. The lowest BCUT2D eigenvalue weighted by Gasteiger charge is -2.35. The number of methoxy groups -OCH3 is 1. The summed E-state index contributed by atoms with van der Waals surface area (Å²) in [4.78, 5) is 73.9. The standard InChI is InChI=1S/C56H70FN11O6S/c1-36-51(75-35-61-36)39-19-17-37(18-20-39)31-60-54(72)44-30-41(69)33-68(44)55(73)52(56(2,3)4)62-46(70)16-11-9-7-6-8-10-12-25-58-47(71)34-66-26-28-67(29-27-66)40-23-21-38(22-24-40)49-50-43(64-65-49)32-59-53(63-50)48-42(57)14-13-15-45(48)74-5/h13-15,17-24,32,35,41,44,52,69H,6-12,16,25-31,33-34H2,1-5H3,(H,58,71)(H,60,72)(H,62,70)(H,64,65)/t41?,44-,52+/m0/s1. The number of aromatic amines is 1. The number of aryl methyl sites for hydroxylation is 1. The van der Waals surface area contributed by atoms with E-state index in [1.165, 1.54) is 18.1 Å². The number of hydrogen-bond acceptors (Lipinski definition) is 13. The van der Waals surface area contributed by atoms with Gasteiger partial charge in [-0.1, -0.05) is 95.3 Å². The molecule has 3 atom stereocenters. The van der Waals surface area contributed by atoms with Gasteiger partial charge in [-0.25, -0.2) is 19.3 Å². The maximum absolute atomic E-state index is 14.8. The molecule has 0 aliphatic carbocycles. The topological polar surface area (TPSA) is 211 Å². The molecule has 4 amide bonds. The number of piperazine rings is 1. The Morgan fingerprint density at radius 1 is 0.880 bits per heavy atom. The van der Waals surface area contributed by atoms with E-state index in [1.807, 2.05) is 69.6 Å². The number of rotatable bonds is 22. The van der Waals surface area contributed by atoms with Crippen molar-refractivity contribution in [3.8, 4) is 38.8 Å². The molecule has 0 radical (unpaired) electrons. The Morgan fingerprint density at radius 2 is 1.59 bits per heavy atom. The summed E-state index contributed by atoms with van der Waals surface area (Å²) in [5, 5.41) is 27.1. The van der Waals surface area contributed by atoms with E-state index in [4.69, 9.17) is 4.74 Å². The van der Waals surface area contributed by atoms with Crippen molar-refractivity contribution in [1.29, 1.82) is 0 Å². The highest BCUT2D eigenvalue weighted by Gasteiger charge is 2.44. The number of aliphatic hydroxyl groups is 1. The normalized spacial score (nSPS) is 16.5. The van der Waals surface area contributed by atoms with E-state index < -0.39 is 29.4 Å². The van der Waals surface area contributed by atoms with E-state index in [9.17, 15) is 28.7 Å². The summed E-state index contributed by atoms with van der Waals surface area (Å²) in [6, 6.07) is 19.0. The van der Waals surface area contributed by atoms with Gasteiger partial charge in [0.25, 0.3) is 0 Å². The number of aromatic nitrogens is 5. The molecule has 8 rings (SSSR count). The summed E-state index contributed by atoms with van der Waals surface area (Å²) in [6.45, 7) is 12.1. The predicted molar refractivity (Wildman–Crippen MR) is 289 cm³/mol. The van der Waals surface area contributed by atoms with Crippen LogP contribution in [0.4, 0.5) is 10.1 Å². The number of halogens is 1. The molecule has 6 aromatic rings. The van der Waals surface area contributed by atoms with Crippen molar-refractivity contribution < 1.29 is 33.4 Å². The van der Waals surface area contributed by atoms with Crippen LogP contribution in [0.2, 0.25) is 0 Å². The number of unbranched alkanes of at least 4 members (excludes halogenated alkanes) is 6. The molecule has 0 spiro atoms. The number of thiazole rings is 1. The van der Waals surface area contributed by atoms with Gasteiger partial charge in [0.2, 0.25) is 23.6 Å². The highest BCUT2D eigenvalue weighted by Crippen LogP contribution is 2.34. The average molecular weight is 1040 g/mol. The van der Waals surface area contributed by atoms with Crippen LogP contribution in [0, 0.1) is 18.2 Å². The lowest BCUT2D eigenvalue weighted by Crippen LogP contribution is -2.57. The van der Waals surface area contributed by atoms with Crippen molar-refractivity contribution >= 4 is 51.7 Å². The van der Waals surface area contributed by atoms with Gasteiger partial charge in [0.1, 0.15) is 40.4 Å². The molecule has 0 bridgehead atoms. The average Bonchev–Trinajstić information content (AvgIpc) is 4.15. The van der Waals surface area contributed by atoms with Crippen LogP contribution in [-0.4, -0.2) is 135 Å². The zero-order valence-electron chi connectivity index (χ0n) is 43.7. The molecule has 5 heterocycles. The van der Waals surface area contributed by atoms with Crippen LogP contribution in [0.25, 0.3) is 44.1 Å². The fourth-order valence-corrected chi connectivity index (χ4v) is 10.6. The number of carbonyl (C=O) groups is 4. The second-order valence-electron chi connectivity index (χ2n) is 20.7. The Bertz CT molecular complexity index is 2900. The molecule has 398 valence electrons. The maximum atomic E-state index is 14.8. The lowest BCUT2D eigenvalue weighted by molar-refractivity contribution is -0.144. The molecule has 75 heavy (non-hydrogen) atoms. The van der Waals surface area contributed by atoms with Gasteiger partial charge >= 0.3 is 0 Å². The van der Waals surface area contributed by atoms with E-state index in [0.717, 1.165) is 97.7 Å². The summed E-state index contributed by atoms with van der Waals surface area (Å²) < 4.78 is 20.2. The van der Waals surface area contributed by atoms with Gasteiger partial charge in [-0.05, 0) is 60.6 Å². The van der Waals surface area contributed by atoms with E-state index >= 15 is 0 Å². The van der Waals surface area contributed by atoms with Crippen LogP contribution >= 0.6 is 11.3 Å². The number of carbonyl (C=O) groups excluding carboxylic acids is 4. The van der Waals surface area contributed by atoms with Gasteiger partial charge in [0.15, 0.2) is 5.82 Å². The smallest absolute Gasteiger partial charge is 0.246 e. The monoisotopic (exact) mass is 1040 g/mol. The van der Waals surface area contributed by atoms with Gasteiger partial charge in [-0.3, -0.25) is 29.2 Å². The summed E-state index contributed by atoms with van der Waals surface area (Å²) in [7, 11) is 1.48.